The van der Waals surface area contributed by atoms with E-state index in [1.807, 2.05) is 0 Å². The van der Waals surface area contributed by atoms with Gasteiger partial charge in [-0.25, -0.2) is 4.79 Å². The van der Waals surface area contributed by atoms with Crippen LogP contribution in [0.15, 0.2) is 0 Å². The average Bonchev–Trinajstić information content (AvgIpc) is 3.02. The zero-order chi connectivity index (χ0) is 34.1. The van der Waals surface area contributed by atoms with Crippen LogP contribution in [-0.2, 0) is 28.7 Å². The van der Waals surface area contributed by atoms with E-state index < -0.39 is 35.9 Å². The molecule has 0 rings (SSSR count). The Morgan fingerprint density at radius 3 is 0.891 bits per heavy atom. The second kappa shape index (κ2) is 33.0. The first kappa shape index (κ1) is 44.1. The number of hydrogen-bond donors (Lipinski definition) is 1. The molecular weight excluding hydrogens is 580 g/mol. The predicted molar refractivity (Wildman–Crippen MR) is 188 cm³/mol. The van der Waals surface area contributed by atoms with Gasteiger partial charge in [-0.2, -0.15) is 0 Å². The highest BCUT2D eigenvalue weighted by Crippen LogP contribution is 2.17. The van der Waals surface area contributed by atoms with Crippen LogP contribution in [0.5, 0.6) is 0 Å². The molecule has 1 N–H and O–H groups in total. The van der Waals surface area contributed by atoms with E-state index in [0.29, 0.717) is 12.8 Å². The Morgan fingerprint density at radius 2 is 0.652 bits per heavy atom. The molecule has 0 aliphatic carbocycles. The maximum Gasteiger partial charge on any atom is 0.349 e. The first-order valence-electron chi connectivity index (χ1n) is 19.5. The third kappa shape index (κ3) is 28.3. The number of carbonyl (C=O) groups is 4. The van der Waals surface area contributed by atoms with Crippen molar-refractivity contribution in [2.24, 2.45) is 0 Å². The molecule has 0 heterocycles. The maximum absolute atomic E-state index is 12.4. The van der Waals surface area contributed by atoms with Crippen LogP contribution in [0.4, 0.5) is 0 Å². The molecule has 0 aliphatic heterocycles. The minimum atomic E-state index is -1.82. The minimum Gasteiger partial charge on any atom is -0.478 e. The summed E-state index contributed by atoms with van der Waals surface area (Å²) < 4.78 is 10.4. The van der Waals surface area contributed by atoms with Crippen molar-refractivity contribution in [1.82, 2.24) is 0 Å². The summed E-state index contributed by atoms with van der Waals surface area (Å²) in [5.74, 6) is -3.45. The molecule has 2 unspecified atom stereocenters. The van der Waals surface area contributed by atoms with Gasteiger partial charge in [0.2, 0.25) is 12.2 Å². The molecule has 0 aromatic carbocycles. The lowest BCUT2D eigenvalue weighted by Gasteiger charge is -2.22. The molecule has 0 amide bonds. The van der Waals surface area contributed by atoms with E-state index in [1.54, 1.807) is 0 Å². The number of carboxylic acids is 1. The molecule has 0 bridgehead atoms. The molecule has 0 aromatic heterocycles. The Bertz CT molecular complexity index is 751. The summed E-state index contributed by atoms with van der Waals surface area (Å²) in [5, 5.41) is 9.63. The summed E-state index contributed by atoms with van der Waals surface area (Å²) in [5.41, 5.74) is 0. The lowest BCUT2D eigenvalue weighted by molar-refractivity contribution is -0.181. The highest BCUT2D eigenvalue weighted by molar-refractivity contribution is 5.91. The fraction of sp³-hybridized carbons (Fsp3) is 0.897. The quantitative estimate of drug-likeness (QED) is 0.0536. The predicted octanol–water partition coefficient (Wildman–Crippen LogP) is 11.2. The molecule has 0 radical (unpaired) electrons. The Labute approximate surface area is 282 Å². The molecule has 0 saturated heterocycles. The van der Waals surface area contributed by atoms with Crippen LogP contribution in [-0.4, -0.2) is 41.0 Å². The third-order valence-electron chi connectivity index (χ3n) is 8.90. The number of esters is 2. The first-order valence-corrected chi connectivity index (χ1v) is 19.5. The second-order valence-corrected chi connectivity index (χ2v) is 13.5. The van der Waals surface area contributed by atoms with Gasteiger partial charge in [0.05, 0.1) is 0 Å². The van der Waals surface area contributed by atoms with E-state index in [9.17, 15) is 24.3 Å². The highest BCUT2D eigenvalue weighted by atomic mass is 16.6. The number of hydrogen-bond acceptors (Lipinski definition) is 6. The zero-order valence-corrected chi connectivity index (χ0v) is 30.3. The Morgan fingerprint density at radius 1 is 0.413 bits per heavy atom. The normalized spacial score (nSPS) is 12.5. The van der Waals surface area contributed by atoms with Crippen molar-refractivity contribution >= 4 is 23.7 Å². The van der Waals surface area contributed by atoms with Crippen molar-refractivity contribution in [3.05, 3.63) is 0 Å². The van der Waals surface area contributed by atoms with Crippen LogP contribution in [0.25, 0.3) is 0 Å². The van der Waals surface area contributed by atoms with Crippen molar-refractivity contribution in [2.75, 3.05) is 0 Å². The number of unbranched alkanes of at least 4 members (excludes halogenated alkanes) is 26. The van der Waals surface area contributed by atoms with Gasteiger partial charge < -0.3 is 14.6 Å². The van der Waals surface area contributed by atoms with E-state index in [2.05, 4.69) is 13.8 Å². The van der Waals surface area contributed by atoms with Crippen molar-refractivity contribution in [3.8, 4) is 0 Å². The third-order valence-corrected chi connectivity index (χ3v) is 8.90. The second-order valence-electron chi connectivity index (χ2n) is 13.5. The van der Waals surface area contributed by atoms with Gasteiger partial charge in [0.1, 0.15) is 0 Å². The molecule has 0 fully saturated rings. The molecule has 46 heavy (non-hydrogen) atoms. The van der Waals surface area contributed by atoms with E-state index in [4.69, 9.17) is 9.47 Å². The number of ether oxygens (including phenoxy) is 2. The number of Topliss-reactive ketones (excluding diaryl/α,β-unsaturated/α-hetero) is 1. The van der Waals surface area contributed by atoms with Crippen molar-refractivity contribution in [2.45, 2.75) is 226 Å². The van der Waals surface area contributed by atoms with Gasteiger partial charge in [-0.1, -0.05) is 181 Å². The Hall–Kier alpha value is -1.92. The lowest BCUT2D eigenvalue weighted by atomic mass is 10.0. The zero-order valence-electron chi connectivity index (χ0n) is 30.3. The monoisotopic (exact) mass is 653 g/mol. The van der Waals surface area contributed by atoms with Crippen molar-refractivity contribution in [3.63, 3.8) is 0 Å². The summed E-state index contributed by atoms with van der Waals surface area (Å²) in [6.07, 6.45) is 30.4. The molecule has 270 valence electrons. The van der Waals surface area contributed by atoms with Gasteiger partial charge in [0.15, 0.2) is 5.78 Å². The molecule has 7 heteroatoms. The lowest BCUT2D eigenvalue weighted by Crippen LogP contribution is -2.45. The highest BCUT2D eigenvalue weighted by Gasteiger charge is 2.38. The summed E-state index contributed by atoms with van der Waals surface area (Å²) in [6, 6.07) is 0. The average molecular weight is 653 g/mol. The number of rotatable bonds is 35. The summed E-state index contributed by atoms with van der Waals surface area (Å²) in [6.45, 7) is 5.64. The van der Waals surface area contributed by atoms with E-state index in [0.717, 1.165) is 45.4 Å². The SMILES string of the molecule is CCCCCCCCCCCCCCCCCC(=O)OC(C(C)=O)C(OC(=O)CCCCCCCCCCCCCCC)C(=O)O. The standard InChI is InChI=1S/C39H72O7/c1-4-6-8-10-12-14-16-18-19-21-23-24-26-28-30-32-35(41)45-37(34(3)40)38(39(43)44)46-36(42)33-31-29-27-25-22-20-17-15-13-11-9-7-5-2/h37-38H,4-33H2,1-3H3,(H,43,44). The van der Waals surface area contributed by atoms with Crippen LogP contribution in [0.1, 0.15) is 213 Å². The molecule has 0 aliphatic rings. The molecular formula is C39H72O7. The number of ketones is 1. The summed E-state index contributed by atoms with van der Waals surface area (Å²) in [7, 11) is 0. The minimum absolute atomic E-state index is 0.0826. The van der Waals surface area contributed by atoms with Crippen LogP contribution < -0.4 is 0 Å². The van der Waals surface area contributed by atoms with Crippen LogP contribution >= 0.6 is 0 Å². The van der Waals surface area contributed by atoms with Gasteiger partial charge in [-0.15, -0.1) is 0 Å². The number of carboxylic acid groups (broad SMARTS) is 1. The Balaban J connectivity index is 4.03. The topological polar surface area (TPSA) is 107 Å². The van der Waals surface area contributed by atoms with Crippen LogP contribution in [0, 0.1) is 0 Å². The van der Waals surface area contributed by atoms with E-state index >= 15 is 0 Å². The van der Waals surface area contributed by atoms with Crippen molar-refractivity contribution in [1.29, 1.82) is 0 Å². The van der Waals surface area contributed by atoms with Crippen LogP contribution in [0.2, 0.25) is 0 Å². The van der Waals surface area contributed by atoms with Gasteiger partial charge in [0.25, 0.3) is 0 Å². The molecule has 0 spiro atoms. The smallest absolute Gasteiger partial charge is 0.349 e. The van der Waals surface area contributed by atoms with E-state index in [-0.39, 0.29) is 12.8 Å². The Kier molecular flexibility index (Phi) is 31.6. The van der Waals surface area contributed by atoms with E-state index in [1.165, 1.54) is 128 Å². The van der Waals surface area contributed by atoms with Crippen LogP contribution in [0.3, 0.4) is 0 Å². The van der Waals surface area contributed by atoms with Gasteiger partial charge >= 0.3 is 17.9 Å². The molecule has 7 nitrogen and oxygen atoms in total. The molecule has 0 aromatic rings. The number of aliphatic carboxylic acids is 1. The maximum atomic E-state index is 12.4. The fourth-order valence-corrected chi connectivity index (χ4v) is 5.93. The van der Waals surface area contributed by atoms with Crippen molar-refractivity contribution < 1.29 is 33.8 Å². The van der Waals surface area contributed by atoms with Gasteiger partial charge in [0, 0.05) is 12.8 Å². The van der Waals surface area contributed by atoms with Gasteiger partial charge in [-0.3, -0.25) is 14.4 Å². The summed E-state index contributed by atoms with van der Waals surface area (Å²) >= 11 is 0. The number of carbonyl (C=O) groups excluding carboxylic acids is 3. The molecule has 0 saturated carbocycles. The summed E-state index contributed by atoms with van der Waals surface area (Å²) in [4.78, 5) is 48.8. The van der Waals surface area contributed by atoms with Gasteiger partial charge in [-0.05, 0) is 19.8 Å². The molecule has 2 atom stereocenters. The first-order chi connectivity index (χ1) is 22.3. The largest absolute Gasteiger partial charge is 0.478 e. The fourth-order valence-electron chi connectivity index (χ4n) is 5.93.